The molecule has 5 heteroatoms. The zero-order chi connectivity index (χ0) is 14.0. The van der Waals surface area contributed by atoms with E-state index in [1.165, 1.54) is 11.1 Å². The molecule has 110 valence electrons. The van der Waals surface area contributed by atoms with Crippen LogP contribution in [0.4, 0.5) is 0 Å². The van der Waals surface area contributed by atoms with Gasteiger partial charge in [-0.05, 0) is 43.9 Å². The minimum absolute atomic E-state index is 0. The number of hydrogen-bond acceptors (Lipinski definition) is 3. The van der Waals surface area contributed by atoms with Crippen LogP contribution >= 0.6 is 12.4 Å². The first-order valence-corrected chi connectivity index (χ1v) is 6.66. The second kappa shape index (κ2) is 6.86. The van der Waals surface area contributed by atoms with Crippen LogP contribution in [-0.2, 0) is 17.6 Å². The van der Waals surface area contributed by atoms with Crippen LogP contribution in [0, 0.1) is 0 Å². The number of nitrogens with two attached hydrogens (primary N) is 1. The fourth-order valence-electron chi connectivity index (χ4n) is 2.45. The summed E-state index contributed by atoms with van der Waals surface area (Å²) in [6.45, 7) is 4.67. The van der Waals surface area contributed by atoms with Crippen LogP contribution in [-0.4, -0.2) is 35.7 Å². The largest absolute Gasteiger partial charge is 0.341 e. The van der Waals surface area contributed by atoms with Crippen molar-refractivity contribution in [3.63, 3.8) is 0 Å². The number of ketones is 1. The van der Waals surface area contributed by atoms with E-state index in [4.69, 9.17) is 5.73 Å². The number of fused-ring (bicyclic) bond motifs is 1. The van der Waals surface area contributed by atoms with Crippen molar-refractivity contribution in [2.45, 2.75) is 32.7 Å². The van der Waals surface area contributed by atoms with Gasteiger partial charge in [0.05, 0.1) is 6.04 Å². The maximum Gasteiger partial charge on any atom is 0.239 e. The Labute approximate surface area is 125 Å². The first-order chi connectivity index (χ1) is 8.99. The van der Waals surface area contributed by atoms with Crippen molar-refractivity contribution in [1.82, 2.24) is 4.90 Å². The molecule has 2 N–H and O–H groups in total. The van der Waals surface area contributed by atoms with Gasteiger partial charge < -0.3 is 10.6 Å². The van der Waals surface area contributed by atoms with E-state index in [9.17, 15) is 9.59 Å². The predicted octanol–water partition coefficient (Wildman–Crippen LogP) is 1.59. The van der Waals surface area contributed by atoms with Gasteiger partial charge in [0.1, 0.15) is 0 Å². The first-order valence-electron chi connectivity index (χ1n) is 6.66. The topological polar surface area (TPSA) is 63.4 Å². The van der Waals surface area contributed by atoms with E-state index in [0.29, 0.717) is 13.1 Å². The number of benzene rings is 1. The molecule has 1 aliphatic rings. The van der Waals surface area contributed by atoms with Crippen molar-refractivity contribution in [2.75, 3.05) is 13.1 Å². The van der Waals surface area contributed by atoms with Gasteiger partial charge in [-0.15, -0.1) is 12.4 Å². The molecule has 4 nitrogen and oxygen atoms in total. The van der Waals surface area contributed by atoms with Crippen LogP contribution in [0.1, 0.15) is 35.3 Å². The first kappa shape index (κ1) is 16.7. The molecule has 1 aromatic carbocycles. The van der Waals surface area contributed by atoms with Crippen LogP contribution in [0.5, 0.6) is 0 Å². The molecule has 0 saturated heterocycles. The average molecular weight is 297 g/mol. The summed E-state index contributed by atoms with van der Waals surface area (Å²) >= 11 is 0. The summed E-state index contributed by atoms with van der Waals surface area (Å²) in [5.74, 6) is 0.0788. The van der Waals surface area contributed by atoms with Gasteiger partial charge in [-0.25, -0.2) is 0 Å². The summed E-state index contributed by atoms with van der Waals surface area (Å²) < 4.78 is 0. The third-order valence-electron chi connectivity index (χ3n) is 3.62. The van der Waals surface area contributed by atoms with Gasteiger partial charge in [0.15, 0.2) is 5.78 Å². The smallest absolute Gasteiger partial charge is 0.239 e. The van der Waals surface area contributed by atoms with E-state index < -0.39 is 6.04 Å². The molecule has 1 heterocycles. The third-order valence-corrected chi connectivity index (χ3v) is 3.62. The molecule has 0 unspecified atom stereocenters. The van der Waals surface area contributed by atoms with Gasteiger partial charge in [-0.1, -0.05) is 12.1 Å². The summed E-state index contributed by atoms with van der Waals surface area (Å²) in [4.78, 5) is 25.1. The Morgan fingerprint density at radius 2 is 1.80 bits per heavy atom. The highest BCUT2D eigenvalue weighted by Crippen LogP contribution is 2.18. The third kappa shape index (κ3) is 3.58. The molecule has 1 aliphatic heterocycles. The number of carbonyl (C=O) groups excluding carboxylic acids is 2. The molecule has 2 rings (SSSR count). The molecule has 0 fully saturated rings. The lowest BCUT2D eigenvalue weighted by Gasteiger charge is -2.22. The highest BCUT2D eigenvalue weighted by atomic mass is 35.5. The Kier molecular flexibility index (Phi) is 5.72. The fraction of sp³-hybridized carbons (Fsp3) is 0.467. The Balaban J connectivity index is 0.00000200. The lowest BCUT2D eigenvalue weighted by molar-refractivity contribution is -0.132. The molecule has 1 aromatic rings. The molecule has 0 bridgehead atoms. The molecule has 0 radical (unpaired) electrons. The summed E-state index contributed by atoms with van der Waals surface area (Å²) in [5.41, 5.74) is 8.79. The van der Waals surface area contributed by atoms with Gasteiger partial charge in [-0.2, -0.15) is 0 Å². The number of carbonyl (C=O) groups is 2. The number of nitrogens with zero attached hydrogens (tertiary/aromatic N) is 1. The van der Waals surface area contributed by atoms with Crippen LogP contribution in [0.2, 0.25) is 0 Å². The zero-order valence-electron chi connectivity index (χ0n) is 11.9. The van der Waals surface area contributed by atoms with Crippen molar-refractivity contribution in [2.24, 2.45) is 5.73 Å². The van der Waals surface area contributed by atoms with E-state index >= 15 is 0 Å². The van der Waals surface area contributed by atoms with E-state index in [1.54, 1.807) is 13.8 Å². The molecular formula is C15H21ClN2O2. The Morgan fingerprint density at radius 3 is 2.35 bits per heavy atom. The number of Topliss-reactive ketones (excluding diaryl/α,β-unsaturated/α-hetero) is 1. The van der Waals surface area contributed by atoms with E-state index in [0.717, 1.165) is 18.4 Å². The Hall–Kier alpha value is -1.39. The molecule has 20 heavy (non-hydrogen) atoms. The molecule has 1 atom stereocenters. The molecule has 0 saturated carbocycles. The highest BCUT2D eigenvalue weighted by Gasteiger charge is 2.21. The summed E-state index contributed by atoms with van der Waals surface area (Å²) in [5, 5.41) is 0. The summed E-state index contributed by atoms with van der Waals surface area (Å²) in [6, 6.07) is 5.38. The Bertz CT molecular complexity index is 515. The quantitative estimate of drug-likeness (QED) is 0.843. The second-order valence-corrected chi connectivity index (χ2v) is 5.15. The lowest BCUT2D eigenvalue weighted by Crippen LogP contribution is -2.43. The number of hydrogen-bond donors (Lipinski definition) is 1. The van der Waals surface area contributed by atoms with Gasteiger partial charge in [0.2, 0.25) is 5.91 Å². The minimum Gasteiger partial charge on any atom is -0.341 e. The normalized spacial score (nSPS) is 15.7. The summed E-state index contributed by atoms with van der Waals surface area (Å²) in [7, 11) is 0. The van der Waals surface area contributed by atoms with Crippen molar-refractivity contribution in [1.29, 1.82) is 0 Å². The SMILES string of the molecule is CC(=O)c1ccc2c(c1)CCN(C(=O)[C@@H](C)N)CC2.Cl. The van der Waals surface area contributed by atoms with Crippen LogP contribution in [0.3, 0.4) is 0 Å². The average Bonchev–Trinajstić information content (AvgIpc) is 2.59. The van der Waals surface area contributed by atoms with Crippen LogP contribution in [0.15, 0.2) is 18.2 Å². The highest BCUT2D eigenvalue weighted by molar-refractivity contribution is 5.94. The van der Waals surface area contributed by atoms with Crippen molar-refractivity contribution in [3.8, 4) is 0 Å². The molecule has 1 amide bonds. The standard InChI is InChI=1S/C15H20N2O2.ClH/c1-10(16)15(19)17-7-5-12-3-4-13(11(2)18)9-14(12)6-8-17;/h3-4,9-10H,5-8,16H2,1-2H3;1H/t10-;/m1./s1. The van der Waals surface area contributed by atoms with Crippen molar-refractivity contribution >= 4 is 24.1 Å². The van der Waals surface area contributed by atoms with Gasteiger partial charge >= 0.3 is 0 Å². The van der Waals surface area contributed by atoms with E-state index in [1.807, 2.05) is 23.1 Å². The zero-order valence-corrected chi connectivity index (χ0v) is 12.7. The van der Waals surface area contributed by atoms with Gasteiger partial charge in [0.25, 0.3) is 0 Å². The van der Waals surface area contributed by atoms with Gasteiger partial charge in [-0.3, -0.25) is 9.59 Å². The van der Waals surface area contributed by atoms with Crippen molar-refractivity contribution in [3.05, 3.63) is 34.9 Å². The molecule has 0 spiro atoms. The number of halogens is 1. The summed E-state index contributed by atoms with van der Waals surface area (Å²) in [6.07, 6.45) is 1.61. The Morgan fingerprint density at radius 1 is 1.20 bits per heavy atom. The maximum absolute atomic E-state index is 11.9. The number of rotatable bonds is 2. The molecule has 0 aliphatic carbocycles. The number of amides is 1. The van der Waals surface area contributed by atoms with Crippen molar-refractivity contribution < 1.29 is 9.59 Å². The fourth-order valence-corrected chi connectivity index (χ4v) is 2.45. The minimum atomic E-state index is -0.450. The maximum atomic E-state index is 11.9. The van der Waals surface area contributed by atoms with Gasteiger partial charge in [0, 0.05) is 18.7 Å². The molecule has 0 aromatic heterocycles. The predicted molar refractivity (Wildman–Crippen MR) is 81.3 cm³/mol. The lowest BCUT2D eigenvalue weighted by atomic mass is 9.99. The monoisotopic (exact) mass is 296 g/mol. The van der Waals surface area contributed by atoms with Crippen LogP contribution in [0.25, 0.3) is 0 Å². The van der Waals surface area contributed by atoms with Crippen LogP contribution < -0.4 is 5.73 Å². The van der Waals surface area contributed by atoms with E-state index in [2.05, 4.69) is 0 Å². The van der Waals surface area contributed by atoms with E-state index in [-0.39, 0.29) is 24.1 Å². The second-order valence-electron chi connectivity index (χ2n) is 5.15. The molecular weight excluding hydrogens is 276 g/mol.